The van der Waals surface area contributed by atoms with Gasteiger partial charge < -0.3 is 0 Å². The Hall–Kier alpha value is 0.385. The minimum Gasteiger partial charge on any atom is -0.171 e. The predicted octanol–water partition coefficient (Wildman–Crippen LogP) is 3.31. The molecule has 0 amide bonds. The van der Waals surface area contributed by atoms with E-state index < -0.39 is 0 Å². The summed E-state index contributed by atoms with van der Waals surface area (Å²) in [7, 11) is 0. The van der Waals surface area contributed by atoms with E-state index in [1.807, 2.05) is 26.8 Å². The lowest BCUT2D eigenvalue weighted by Crippen LogP contribution is -2.03. The van der Waals surface area contributed by atoms with Gasteiger partial charge in [0.05, 0.1) is 0 Å². The van der Waals surface area contributed by atoms with Crippen LogP contribution in [0.15, 0.2) is 11.6 Å². The van der Waals surface area contributed by atoms with Gasteiger partial charge in [-0.05, 0) is 19.7 Å². The molecule has 0 aromatic carbocycles. The second-order valence-corrected chi connectivity index (χ2v) is 3.32. The van der Waals surface area contributed by atoms with Crippen molar-refractivity contribution in [3.8, 4) is 0 Å². The lowest BCUT2D eigenvalue weighted by molar-refractivity contribution is 1.07. The minimum atomic E-state index is -0.277. The molecule has 3 heteroatoms. The number of hydrogen-bond acceptors (Lipinski definition) is 0. The van der Waals surface area contributed by atoms with Crippen molar-refractivity contribution in [3.63, 3.8) is 0 Å². The molecule has 0 saturated carbocycles. The molecule has 1 unspecified atom stereocenters. The Balaban J connectivity index is 3.88. The lowest BCUT2D eigenvalue weighted by atomic mass is 9.80. The van der Waals surface area contributed by atoms with Gasteiger partial charge in [-0.2, -0.15) is 22.9 Å². The highest BCUT2D eigenvalue weighted by Gasteiger charge is 2.16. The van der Waals surface area contributed by atoms with E-state index in [0.717, 1.165) is 0 Å². The number of halogens is 2. The number of hydrogen-bond donors (Lipinski definition) is 0. The van der Waals surface area contributed by atoms with Crippen LogP contribution in [-0.4, -0.2) is 5.54 Å². The largest absolute Gasteiger partial charge is 0.358 e. The standard InChI is InChI=1S/C6H11BCl2/c1-4-5(2)6(3)7(8)9/h4,6H,1-3H3/b5-4-. The summed E-state index contributed by atoms with van der Waals surface area (Å²) in [5.74, 6) is 0.276. The van der Waals surface area contributed by atoms with Gasteiger partial charge in [-0.15, -0.1) is 0 Å². The Morgan fingerprint density at radius 1 is 1.56 bits per heavy atom. The fourth-order valence-electron chi connectivity index (χ4n) is 0.462. The van der Waals surface area contributed by atoms with E-state index in [-0.39, 0.29) is 11.4 Å². The van der Waals surface area contributed by atoms with Gasteiger partial charge >= 0.3 is 5.54 Å². The average Bonchev–Trinajstić information content (AvgIpc) is 1.84. The smallest absolute Gasteiger partial charge is 0.171 e. The van der Waals surface area contributed by atoms with Gasteiger partial charge in [-0.25, -0.2) is 0 Å². The first kappa shape index (κ1) is 9.38. The van der Waals surface area contributed by atoms with Crippen LogP contribution in [-0.2, 0) is 0 Å². The van der Waals surface area contributed by atoms with Gasteiger partial charge in [0.15, 0.2) is 0 Å². The van der Waals surface area contributed by atoms with Crippen molar-refractivity contribution in [2.75, 3.05) is 0 Å². The van der Waals surface area contributed by atoms with Crippen LogP contribution in [0.3, 0.4) is 0 Å². The zero-order valence-corrected chi connectivity index (χ0v) is 7.50. The Labute approximate surface area is 67.1 Å². The molecule has 0 rings (SSSR count). The molecule has 0 bridgehead atoms. The SMILES string of the molecule is C/C=C(/C)C(C)B(Cl)Cl. The zero-order chi connectivity index (χ0) is 7.44. The highest BCUT2D eigenvalue weighted by atomic mass is 35.5. The van der Waals surface area contributed by atoms with Crippen LogP contribution in [0.4, 0.5) is 0 Å². The first-order valence-corrected chi connectivity index (χ1v) is 3.87. The maximum absolute atomic E-state index is 5.63. The summed E-state index contributed by atoms with van der Waals surface area (Å²) in [6.07, 6.45) is 2.03. The first-order chi connectivity index (χ1) is 4.09. The Morgan fingerprint density at radius 3 is 2.11 bits per heavy atom. The van der Waals surface area contributed by atoms with E-state index in [1.165, 1.54) is 5.57 Å². The molecule has 9 heavy (non-hydrogen) atoms. The van der Waals surface area contributed by atoms with Crippen LogP contribution in [0.2, 0.25) is 5.82 Å². The lowest BCUT2D eigenvalue weighted by Gasteiger charge is -2.08. The molecule has 0 spiro atoms. The Bertz CT molecular complexity index is 110. The summed E-state index contributed by atoms with van der Waals surface area (Å²) >= 11 is 11.3. The maximum atomic E-state index is 5.63. The molecule has 0 aromatic rings. The topological polar surface area (TPSA) is 0 Å². The normalized spacial score (nSPS) is 15.4. The molecular weight excluding hydrogens is 154 g/mol. The van der Waals surface area contributed by atoms with Crippen LogP contribution in [0.25, 0.3) is 0 Å². The van der Waals surface area contributed by atoms with Gasteiger partial charge in [0.2, 0.25) is 0 Å². The first-order valence-electron chi connectivity index (χ1n) is 3.00. The van der Waals surface area contributed by atoms with Crippen molar-refractivity contribution in [2.45, 2.75) is 26.6 Å². The third-order valence-electron chi connectivity index (χ3n) is 1.55. The summed E-state index contributed by atoms with van der Waals surface area (Å²) in [6.45, 7) is 6.03. The zero-order valence-electron chi connectivity index (χ0n) is 5.99. The molecule has 0 fully saturated rings. The monoisotopic (exact) mass is 164 g/mol. The van der Waals surface area contributed by atoms with Crippen molar-refractivity contribution in [3.05, 3.63) is 11.6 Å². The van der Waals surface area contributed by atoms with E-state index in [0.29, 0.717) is 0 Å². The van der Waals surface area contributed by atoms with Crippen molar-refractivity contribution in [1.29, 1.82) is 0 Å². The molecule has 0 radical (unpaired) electrons. The Kier molecular flexibility index (Phi) is 4.42. The Morgan fingerprint density at radius 2 is 2.00 bits per heavy atom. The van der Waals surface area contributed by atoms with Crippen LogP contribution >= 0.6 is 22.9 Å². The highest BCUT2D eigenvalue weighted by Crippen LogP contribution is 2.24. The van der Waals surface area contributed by atoms with Gasteiger partial charge in [0, 0.05) is 0 Å². The summed E-state index contributed by atoms with van der Waals surface area (Å²) < 4.78 is 0. The fraction of sp³-hybridized carbons (Fsp3) is 0.667. The second-order valence-electron chi connectivity index (χ2n) is 2.16. The molecule has 0 nitrogen and oxygen atoms in total. The maximum Gasteiger partial charge on any atom is 0.358 e. The summed E-state index contributed by atoms with van der Waals surface area (Å²) in [5.41, 5.74) is 0.964. The summed E-state index contributed by atoms with van der Waals surface area (Å²) in [5, 5.41) is 0. The molecule has 52 valence electrons. The minimum absolute atomic E-state index is 0.276. The summed E-state index contributed by atoms with van der Waals surface area (Å²) in [6, 6.07) is 0. The molecule has 0 N–H and O–H groups in total. The molecule has 1 atom stereocenters. The molecule has 0 aliphatic carbocycles. The van der Waals surface area contributed by atoms with E-state index in [9.17, 15) is 0 Å². The van der Waals surface area contributed by atoms with Crippen molar-refractivity contribution >= 4 is 28.5 Å². The third kappa shape index (κ3) is 3.17. The van der Waals surface area contributed by atoms with E-state index >= 15 is 0 Å². The van der Waals surface area contributed by atoms with Crippen molar-refractivity contribution in [2.24, 2.45) is 0 Å². The third-order valence-corrected chi connectivity index (χ3v) is 2.31. The molecule has 0 aliphatic heterocycles. The second kappa shape index (κ2) is 4.24. The van der Waals surface area contributed by atoms with Gasteiger partial charge in [0.25, 0.3) is 0 Å². The number of allylic oxidation sites excluding steroid dienone is 2. The van der Waals surface area contributed by atoms with Crippen LogP contribution in [0, 0.1) is 0 Å². The molecule has 0 aromatic heterocycles. The quantitative estimate of drug-likeness (QED) is 0.434. The fourth-order valence-corrected chi connectivity index (χ4v) is 0.859. The van der Waals surface area contributed by atoms with Crippen molar-refractivity contribution < 1.29 is 0 Å². The van der Waals surface area contributed by atoms with E-state index in [2.05, 4.69) is 0 Å². The number of rotatable bonds is 2. The predicted molar refractivity (Wildman–Crippen MR) is 46.3 cm³/mol. The van der Waals surface area contributed by atoms with E-state index in [1.54, 1.807) is 0 Å². The summed E-state index contributed by atoms with van der Waals surface area (Å²) in [4.78, 5) is 0. The molecule has 0 heterocycles. The van der Waals surface area contributed by atoms with Crippen molar-refractivity contribution in [1.82, 2.24) is 0 Å². The molecule has 0 aliphatic rings. The van der Waals surface area contributed by atoms with Crippen LogP contribution in [0.5, 0.6) is 0 Å². The van der Waals surface area contributed by atoms with E-state index in [4.69, 9.17) is 22.9 Å². The van der Waals surface area contributed by atoms with Crippen LogP contribution in [0.1, 0.15) is 20.8 Å². The average molecular weight is 165 g/mol. The van der Waals surface area contributed by atoms with Gasteiger partial charge in [-0.3, -0.25) is 0 Å². The molecule has 0 saturated heterocycles. The van der Waals surface area contributed by atoms with Crippen LogP contribution < -0.4 is 0 Å². The van der Waals surface area contributed by atoms with Gasteiger partial charge in [-0.1, -0.05) is 18.6 Å². The highest BCUT2D eigenvalue weighted by molar-refractivity contribution is 7.34. The molecular formula is C6H11BCl2. The van der Waals surface area contributed by atoms with Gasteiger partial charge in [0.1, 0.15) is 0 Å².